The Hall–Kier alpha value is -3.57. The Kier molecular flexibility index (Phi) is 7.57. The molecular formula is C26H29ClFN7O3. The van der Waals surface area contributed by atoms with Gasteiger partial charge in [-0.2, -0.15) is 4.98 Å². The summed E-state index contributed by atoms with van der Waals surface area (Å²) in [4.78, 5) is 36.6. The van der Waals surface area contributed by atoms with Crippen molar-refractivity contribution in [3.8, 4) is 11.3 Å². The Balaban J connectivity index is 1.43. The van der Waals surface area contributed by atoms with Gasteiger partial charge in [-0.05, 0) is 38.1 Å². The molecule has 0 radical (unpaired) electrons. The van der Waals surface area contributed by atoms with E-state index >= 15 is 0 Å². The van der Waals surface area contributed by atoms with Crippen LogP contribution in [0.15, 0.2) is 36.5 Å². The molecule has 12 heteroatoms. The third-order valence-electron chi connectivity index (χ3n) is 6.79. The van der Waals surface area contributed by atoms with Gasteiger partial charge in [0.25, 0.3) is 0 Å². The largest absolute Gasteiger partial charge is 0.464 e. The Labute approximate surface area is 225 Å². The van der Waals surface area contributed by atoms with E-state index in [0.717, 1.165) is 17.1 Å². The zero-order valence-corrected chi connectivity index (χ0v) is 22.2. The molecule has 2 saturated heterocycles. The van der Waals surface area contributed by atoms with Gasteiger partial charge in [-0.25, -0.2) is 24.1 Å². The lowest BCUT2D eigenvalue weighted by Gasteiger charge is -2.41. The molecular weight excluding hydrogens is 513 g/mol. The van der Waals surface area contributed by atoms with E-state index in [-0.39, 0.29) is 28.7 Å². The lowest BCUT2D eigenvalue weighted by Crippen LogP contribution is -2.53. The second-order valence-electron chi connectivity index (χ2n) is 9.39. The van der Waals surface area contributed by atoms with E-state index in [9.17, 15) is 9.18 Å². The minimum atomic E-state index is -0.588. The Morgan fingerprint density at radius 3 is 2.55 bits per heavy atom. The number of morpholine rings is 1. The van der Waals surface area contributed by atoms with Crippen molar-refractivity contribution >= 4 is 35.2 Å². The summed E-state index contributed by atoms with van der Waals surface area (Å²) in [6, 6.07) is 8.46. The molecule has 0 aliphatic carbocycles. The van der Waals surface area contributed by atoms with Crippen LogP contribution in [-0.4, -0.2) is 84.5 Å². The number of esters is 1. The molecule has 1 aromatic carbocycles. The summed E-state index contributed by atoms with van der Waals surface area (Å²) < 4.78 is 23.9. The third kappa shape index (κ3) is 5.34. The van der Waals surface area contributed by atoms with Crippen LogP contribution in [0.5, 0.6) is 0 Å². The van der Waals surface area contributed by atoms with Gasteiger partial charge in [-0.3, -0.25) is 0 Å². The molecule has 0 N–H and O–H groups in total. The number of benzene rings is 1. The predicted octanol–water partition coefficient (Wildman–Crippen LogP) is 3.45. The summed E-state index contributed by atoms with van der Waals surface area (Å²) >= 11 is 6.39. The minimum Gasteiger partial charge on any atom is -0.464 e. The number of hydrogen-bond donors (Lipinski definition) is 0. The summed E-state index contributed by atoms with van der Waals surface area (Å²) in [7, 11) is 1.28. The number of rotatable bonds is 5. The fourth-order valence-electron chi connectivity index (χ4n) is 4.76. The van der Waals surface area contributed by atoms with Crippen LogP contribution in [-0.2, 0) is 9.47 Å². The number of methoxy groups -OCH3 is 1. The highest BCUT2D eigenvalue weighted by Crippen LogP contribution is 2.30. The summed E-state index contributed by atoms with van der Waals surface area (Å²) in [5.41, 5.74) is 1.61. The fourth-order valence-corrected chi connectivity index (χ4v) is 5.02. The van der Waals surface area contributed by atoms with E-state index in [4.69, 9.17) is 31.0 Å². The Morgan fingerprint density at radius 1 is 1.08 bits per heavy atom. The van der Waals surface area contributed by atoms with E-state index in [0.29, 0.717) is 51.2 Å². The lowest BCUT2D eigenvalue weighted by molar-refractivity contribution is 0.0593. The summed E-state index contributed by atoms with van der Waals surface area (Å²) in [6.45, 7) is 7.98. The maximum Gasteiger partial charge on any atom is 0.358 e. The second-order valence-corrected chi connectivity index (χ2v) is 9.74. The highest BCUT2D eigenvalue weighted by atomic mass is 35.5. The smallest absolute Gasteiger partial charge is 0.358 e. The van der Waals surface area contributed by atoms with E-state index in [1.807, 2.05) is 11.0 Å². The van der Waals surface area contributed by atoms with Gasteiger partial charge >= 0.3 is 5.97 Å². The van der Waals surface area contributed by atoms with Crippen molar-refractivity contribution in [1.29, 1.82) is 0 Å². The van der Waals surface area contributed by atoms with Gasteiger partial charge < -0.3 is 24.2 Å². The van der Waals surface area contributed by atoms with Gasteiger partial charge in [0.15, 0.2) is 16.7 Å². The van der Waals surface area contributed by atoms with Crippen molar-refractivity contribution in [2.45, 2.75) is 25.9 Å². The zero-order valence-electron chi connectivity index (χ0n) is 21.5. The van der Waals surface area contributed by atoms with Crippen LogP contribution >= 0.6 is 11.6 Å². The monoisotopic (exact) mass is 541 g/mol. The van der Waals surface area contributed by atoms with Crippen molar-refractivity contribution in [2.24, 2.45) is 0 Å². The SMILES string of the molecule is COC(=O)c1cnc(N2CCN(c3cc(-c4ccc(F)cc4)nc(N4CCOCC4C)n3)[C@H](C)C2)c(Cl)n1. The average Bonchev–Trinajstić information content (AvgIpc) is 2.93. The number of ether oxygens (including phenoxy) is 2. The summed E-state index contributed by atoms with van der Waals surface area (Å²) in [5, 5.41) is 0.151. The maximum absolute atomic E-state index is 13.6. The van der Waals surface area contributed by atoms with E-state index in [1.54, 1.807) is 12.1 Å². The first kappa shape index (κ1) is 26.1. The minimum absolute atomic E-state index is 0.0489. The van der Waals surface area contributed by atoms with Crippen molar-refractivity contribution in [2.75, 3.05) is 61.2 Å². The molecule has 2 fully saturated rings. The van der Waals surface area contributed by atoms with Gasteiger partial charge in [-0.1, -0.05) is 11.6 Å². The Bertz CT molecular complexity index is 1310. The normalized spacial score (nSPS) is 20.0. The standard InChI is InChI=1S/C26H29ClFN7O3/c1-16-14-33(24-23(27)30-21(13-29-24)25(36)37-3)8-9-34(16)22-12-20(18-4-6-19(28)7-5-18)31-26(32-22)35-10-11-38-15-17(35)2/h4-7,12-13,16-17H,8-11,14-15H2,1-3H3/t16-,17?/m1/s1. The molecule has 10 nitrogen and oxygen atoms in total. The summed E-state index contributed by atoms with van der Waals surface area (Å²) in [5.74, 6) is 1.05. The predicted molar refractivity (Wildman–Crippen MR) is 142 cm³/mol. The van der Waals surface area contributed by atoms with Crippen molar-refractivity contribution in [3.05, 3.63) is 53.2 Å². The number of aromatic nitrogens is 4. The quantitative estimate of drug-likeness (QED) is 0.447. The average molecular weight is 542 g/mol. The first-order valence-corrected chi connectivity index (χ1v) is 12.8. The van der Waals surface area contributed by atoms with Crippen molar-refractivity contribution in [3.63, 3.8) is 0 Å². The Morgan fingerprint density at radius 2 is 1.87 bits per heavy atom. The van der Waals surface area contributed by atoms with Crippen LogP contribution in [0.4, 0.5) is 22.0 Å². The number of hydrogen-bond acceptors (Lipinski definition) is 10. The molecule has 0 spiro atoms. The topological polar surface area (TPSA) is 96.8 Å². The molecule has 200 valence electrons. The fraction of sp³-hybridized carbons (Fsp3) is 0.423. The second kappa shape index (κ2) is 11.0. The van der Waals surface area contributed by atoms with Crippen LogP contribution in [0, 0.1) is 5.82 Å². The molecule has 2 aliphatic rings. The molecule has 0 saturated carbocycles. The van der Waals surface area contributed by atoms with Gasteiger partial charge in [0, 0.05) is 43.9 Å². The van der Waals surface area contributed by atoms with E-state index < -0.39 is 5.97 Å². The lowest BCUT2D eigenvalue weighted by atomic mass is 10.1. The molecule has 2 aliphatic heterocycles. The molecule has 38 heavy (non-hydrogen) atoms. The van der Waals surface area contributed by atoms with E-state index in [2.05, 4.69) is 33.6 Å². The number of piperazine rings is 1. The van der Waals surface area contributed by atoms with E-state index in [1.165, 1.54) is 25.4 Å². The number of anilines is 3. The van der Waals surface area contributed by atoms with Crippen molar-refractivity contribution in [1.82, 2.24) is 19.9 Å². The van der Waals surface area contributed by atoms with Gasteiger partial charge in [0.2, 0.25) is 5.95 Å². The molecule has 4 heterocycles. The van der Waals surface area contributed by atoms with Crippen LogP contribution in [0.1, 0.15) is 24.3 Å². The first-order valence-electron chi connectivity index (χ1n) is 12.5. The molecule has 2 aromatic heterocycles. The van der Waals surface area contributed by atoms with Crippen LogP contribution < -0.4 is 14.7 Å². The molecule has 1 unspecified atom stereocenters. The van der Waals surface area contributed by atoms with Gasteiger partial charge in [0.1, 0.15) is 11.6 Å². The highest BCUT2D eigenvalue weighted by molar-refractivity contribution is 6.31. The molecule has 0 bridgehead atoms. The van der Waals surface area contributed by atoms with Crippen LogP contribution in [0.2, 0.25) is 5.15 Å². The molecule has 2 atom stereocenters. The van der Waals surface area contributed by atoms with Crippen LogP contribution in [0.25, 0.3) is 11.3 Å². The zero-order chi connectivity index (χ0) is 26.8. The number of carbonyl (C=O) groups excluding carboxylic acids is 1. The molecule has 3 aromatic rings. The van der Waals surface area contributed by atoms with Crippen LogP contribution in [0.3, 0.4) is 0 Å². The van der Waals surface area contributed by atoms with Gasteiger partial charge in [0.05, 0.1) is 38.3 Å². The summed E-state index contributed by atoms with van der Waals surface area (Å²) in [6.07, 6.45) is 1.37. The molecule has 5 rings (SSSR count). The number of carbonyl (C=O) groups is 1. The highest BCUT2D eigenvalue weighted by Gasteiger charge is 2.30. The maximum atomic E-state index is 13.6. The van der Waals surface area contributed by atoms with Gasteiger partial charge in [-0.15, -0.1) is 0 Å². The van der Waals surface area contributed by atoms with Crippen molar-refractivity contribution < 1.29 is 18.7 Å². The number of nitrogens with zero attached hydrogens (tertiary/aromatic N) is 7. The number of halogens is 2. The third-order valence-corrected chi connectivity index (χ3v) is 7.05. The molecule has 0 amide bonds. The first-order chi connectivity index (χ1) is 18.3.